The summed E-state index contributed by atoms with van der Waals surface area (Å²) < 4.78 is 52.5. The molecular formula is C18H21N3O6S2. The van der Waals surface area contributed by atoms with Gasteiger partial charge in [0.2, 0.25) is 20.0 Å². The Labute approximate surface area is 169 Å². The molecule has 29 heavy (non-hydrogen) atoms. The summed E-state index contributed by atoms with van der Waals surface area (Å²) in [6.45, 7) is -0.210. The lowest BCUT2D eigenvalue weighted by atomic mass is 10.1. The minimum absolute atomic E-state index is 0.0261. The number of rotatable bonds is 6. The summed E-state index contributed by atoms with van der Waals surface area (Å²) in [5.74, 6) is -0.913. The maximum atomic E-state index is 12.7. The van der Waals surface area contributed by atoms with Crippen molar-refractivity contribution in [3.05, 3.63) is 54.6 Å². The molecule has 0 radical (unpaired) electrons. The van der Waals surface area contributed by atoms with Crippen molar-refractivity contribution in [1.29, 1.82) is 0 Å². The van der Waals surface area contributed by atoms with Crippen LogP contribution in [0.1, 0.15) is 6.42 Å². The predicted molar refractivity (Wildman–Crippen MR) is 106 cm³/mol. The van der Waals surface area contributed by atoms with E-state index in [1.807, 2.05) is 30.3 Å². The number of hydroxylamine groups is 1. The summed E-state index contributed by atoms with van der Waals surface area (Å²) >= 11 is 0. The number of hydrogen-bond acceptors (Lipinski definition) is 6. The van der Waals surface area contributed by atoms with Crippen LogP contribution in [0.2, 0.25) is 0 Å². The standard InChI is InChI=1S/C18H21N3O6S2/c1-28(24,25)21-12-15(11-17(21)18(22)19-23)20-29(26,27)16-9-7-14(8-10-16)13-5-3-2-4-6-13/h2-10,15,17,20,23H,11-12H2,1H3,(H,19,22)/t15-,17+/m0/s1. The van der Waals surface area contributed by atoms with Crippen molar-refractivity contribution >= 4 is 26.0 Å². The van der Waals surface area contributed by atoms with E-state index in [1.165, 1.54) is 17.6 Å². The minimum atomic E-state index is -3.93. The van der Waals surface area contributed by atoms with Crippen LogP contribution in [0, 0.1) is 0 Å². The van der Waals surface area contributed by atoms with Gasteiger partial charge in [-0.15, -0.1) is 0 Å². The van der Waals surface area contributed by atoms with Crippen molar-refractivity contribution in [2.45, 2.75) is 23.4 Å². The van der Waals surface area contributed by atoms with Crippen molar-refractivity contribution < 1.29 is 26.8 Å². The third-order valence-corrected chi connectivity index (χ3v) is 7.48. The molecule has 11 heteroatoms. The van der Waals surface area contributed by atoms with E-state index in [0.29, 0.717) is 0 Å². The molecule has 2 aromatic rings. The molecule has 156 valence electrons. The highest BCUT2D eigenvalue weighted by Gasteiger charge is 2.43. The quantitative estimate of drug-likeness (QED) is 0.444. The predicted octanol–water partition coefficient (Wildman–Crippen LogP) is 0.540. The molecule has 1 amide bonds. The molecule has 3 rings (SSSR count). The van der Waals surface area contributed by atoms with Gasteiger partial charge in [-0.25, -0.2) is 27.0 Å². The van der Waals surface area contributed by atoms with Gasteiger partial charge >= 0.3 is 0 Å². The molecule has 0 saturated carbocycles. The number of benzene rings is 2. The Balaban J connectivity index is 1.78. The number of nitrogens with zero attached hydrogens (tertiary/aromatic N) is 1. The second-order valence-corrected chi connectivity index (χ2v) is 10.4. The average molecular weight is 440 g/mol. The molecule has 1 saturated heterocycles. The highest BCUT2D eigenvalue weighted by atomic mass is 32.2. The molecule has 1 fully saturated rings. The van der Waals surface area contributed by atoms with Crippen molar-refractivity contribution in [1.82, 2.24) is 14.5 Å². The largest absolute Gasteiger partial charge is 0.289 e. The molecule has 0 aromatic heterocycles. The summed E-state index contributed by atoms with van der Waals surface area (Å²) in [5, 5.41) is 8.84. The van der Waals surface area contributed by atoms with Crippen LogP contribution in [0.5, 0.6) is 0 Å². The van der Waals surface area contributed by atoms with Crippen molar-refractivity contribution in [2.24, 2.45) is 0 Å². The van der Waals surface area contributed by atoms with Crippen LogP contribution in [0.15, 0.2) is 59.5 Å². The van der Waals surface area contributed by atoms with Crippen LogP contribution in [0.25, 0.3) is 11.1 Å². The lowest BCUT2D eigenvalue weighted by Gasteiger charge is -2.19. The minimum Gasteiger partial charge on any atom is -0.289 e. The van der Waals surface area contributed by atoms with E-state index < -0.39 is 38.0 Å². The third kappa shape index (κ3) is 4.82. The fraction of sp³-hybridized carbons (Fsp3) is 0.278. The molecule has 9 nitrogen and oxygen atoms in total. The second kappa shape index (κ2) is 8.20. The van der Waals surface area contributed by atoms with Crippen molar-refractivity contribution in [3.8, 4) is 11.1 Å². The highest BCUT2D eigenvalue weighted by Crippen LogP contribution is 2.24. The Morgan fingerprint density at radius 1 is 1.00 bits per heavy atom. The molecule has 1 aliphatic rings. The van der Waals surface area contributed by atoms with Gasteiger partial charge in [0.15, 0.2) is 0 Å². The molecule has 0 spiro atoms. The summed E-state index contributed by atoms with van der Waals surface area (Å²) in [5.41, 5.74) is 3.22. The van der Waals surface area contributed by atoms with E-state index in [0.717, 1.165) is 21.7 Å². The molecule has 2 aromatic carbocycles. The van der Waals surface area contributed by atoms with E-state index in [2.05, 4.69) is 4.72 Å². The highest BCUT2D eigenvalue weighted by molar-refractivity contribution is 7.89. The van der Waals surface area contributed by atoms with Gasteiger partial charge in [0.1, 0.15) is 6.04 Å². The number of carbonyl (C=O) groups is 1. The molecule has 1 heterocycles. The van der Waals surface area contributed by atoms with Crippen molar-refractivity contribution in [3.63, 3.8) is 0 Å². The lowest BCUT2D eigenvalue weighted by molar-refractivity contribution is -0.132. The normalized spacial score (nSPS) is 20.5. The lowest BCUT2D eigenvalue weighted by Crippen LogP contribution is -2.44. The average Bonchev–Trinajstić information content (AvgIpc) is 3.12. The first-order valence-corrected chi connectivity index (χ1v) is 12.0. The van der Waals surface area contributed by atoms with E-state index in [1.54, 1.807) is 12.1 Å². The van der Waals surface area contributed by atoms with Gasteiger partial charge in [0, 0.05) is 12.6 Å². The van der Waals surface area contributed by atoms with Gasteiger partial charge in [0.05, 0.1) is 11.2 Å². The monoisotopic (exact) mass is 439 g/mol. The summed E-state index contributed by atoms with van der Waals surface area (Å²) in [4.78, 5) is 11.8. The smallest absolute Gasteiger partial charge is 0.261 e. The first-order valence-electron chi connectivity index (χ1n) is 8.70. The molecule has 0 bridgehead atoms. The topological polar surface area (TPSA) is 133 Å². The van der Waals surface area contributed by atoms with E-state index in [9.17, 15) is 21.6 Å². The van der Waals surface area contributed by atoms with Crippen LogP contribution in [0.4, 0.5) is 0 Å². The molecular weight excluding hydrogens is 418 g/mol. The number of sulfonamides is 2. The van der Waals surface area contributed by atoms with E-state index >= 15 is 0 Å². The van der Waals surface area contributed by atoms with E-state index in [4.69, 9.17) is 5.21 Å². The molecule has 0 unspecified atom stereocenters. The zero-order valence-corrected chi connectivity index (χ0v) is 17.2. The van der Waals surface area contributed by atoms with Crippen LogP contribution >= 0.6 is 0 Å². The zero-order chi connectivity index (χ0) is 21.2. The fourth-order valence-corrected chi connectivity index (χ4v) is 5.65. The van der Waals surface area contributed by atoms with Gasteiger partial charge in [-0.3, -0.25) is 10.0 Å². The third-order valence-electron chi connectivity index (χ3n) is 4.69. The zero-order valence-electron chi connectivity index (χ0n) is 15.5. The van der Waals surface area contributed by atoms with Gasteiger partial charge in [-0.05, 0) is 29.7 Å². The Hall–Kier alpha value is -2.31. The van der Waals surface area contributed by atoms with Crippen molar-refractivity contribution in [2.75, 3.05) is 12.8 Å². The molecule has 1 aliphatic heterocycles. The summed E-state index contributed by atoms with van der Waals surface area (Å²) in [7, 11) is -7.70. The van der Waals surface area contributed by atoms with Gasteiger partial charge in [0.25, 0.3) is 5.91 Å². The molecule has 3 N–H and O–H groups in total. The number of carbonyl (C=O) groups excluding carboxylic acids is 1. The first-order chi connectivity index (χ1) is 13.6. The maximum absolute atomic E-state index is 12.7. The number of hydrogen-bond donors (Lipinski definition) is 3. The Morgan fingerprint density at radius 2 is 1.59 bits per heavy atom. The SMILES string of the molecule is CS(=O)(=O)N1C[C@@H](NS(=O)(=O)c2ccc(-c3ccccc3)cc2)C[C@@H]1C(=O)NO. The van der Waals surface area contributed by atoms with Crippen LogP contribution in [0.3, 0.4) is 0 Å². The first kappa shape index (κ1) is 21.4. The van der Waals surface area contributed by atoms with Gasteiger partial charge in [-0.2, -0.15) is 4.31 Å². The Kier molecular flexibility index (Phi) is 6.05. The van der Waals surface area contributed by atoms with Crippen LogP contribution in [-0.4, -0.2) is 57.1 Å². The fourth-order valence-electron chi connectivity index (χ4n) is 3.31. The number of nitrogens with one attached hydrogen (secondary N) is 2. The maximum Gasteiger partial charge on any atom is 0.261 e. The molecule has 2 atom stereocenters. The molecule has 0 aliphatic carbocycles. The van der Waals surface area contributed by atoms with Gasteiger partial charge < -0.3 is 0 Å². The van der Waals surface area contributed by atoms with Crippen LogP contribution in [-0.2, 0) is 24.8 Å². The number of amides is 1. The Bertz CT molecular complexity index is 1090. The summed E-state index contributed by atoms with van der Waals surface area (Å²) in [6, 6.07) is 13.8. The van der Waals surface area contributed by atoms with E-state index in [-0.39, 0.29) is 17.9 Å². The van der Waals surface area contributed by atoms with Crippen LogP contribution < -0.4 is 10.2 Å². The Morgan fingerprint density at radius 3 is 2.14 bits per heavy atom. The second-order valence-electron chi connectivity index (χ2n) is 6.77. The van der Waals surface area contributed by atoms with Gasteiger partial charge in [-0.1, -0.05) is 42.5 Å². The summed E-state index contributed by atoms with van der Waals surface area (Å²) in [6.07, 6.45) is 0.824.